The normalized spacial score (nSPS) is 12.0. The Morgan fingerprint density at radius 2 is 0.935 bits per heavy atom. The third-order valence-electron chi connectivity index (χ3n) is 4.93. The van der Waals surface area contributed by atoms with Crippen LogP contribution < -0.4 is 0 Å². The van der Waals surface area contributed by atoms with Gasteiger partial charge in [0.2, 0.25) is 0 Å². The number of hydrogen-bond acceptors (Lipinski definition) is 4. The monoisotopic (exact) mass is 490 g/mol. The fraction of sp³-hybridized carbons (Fsp3) is 0.950. The molecule has 0 aliphatic rings. The van der Waals surface area contributed by atoms with Crippen molar-refractivity contribution in [2.75, 3.05) is 6.61 Å². The Morgan fingerprint density at radius 1 is 0.645 bits per heavy atom. The molecule has 0 bridgehead atoms. The highest BCUT2D eigenvalue weighted by molar-refractivity contribution is 7.70. The molecule has 0 heterocycles. The van der Waals surface area contributed by atoms with Crippen LogP contribution >= 0.6 is 15.2 Å². The number of carboxylic acids is 1. The number of carbonyl (C=O) groups is 1. The standard InChI is InChI=1S/C18H36O2.C2H8O7P2/c1-2-3-4-5-6-7-8-9-10-11-12-13-14-15-16-17-18(19)20;3-1-2(10(4,5)6)11(7,8)9/h2-17H2,1H3,(H,19,20);2-3H,1H2,(H2,4,5,6)(H2,7,8,9). The van der Waals surface area contributed by atoms with Gasteiger partial charge < -0.3 is 29.8 Å². The van der Waals surface area contributed by atoms with Crippen LogP contribution in [0.15, 0.2) is 0 Å². The number of aliphatic hydroxyl groups is 1. The third-order valence-corrected chi connectivity index (χ3v) is 8.62. The Bertz CT molecular complexity index is 495. The predicted molar refractivity (Wildman–Crippen MR) is 122 cm³/mol. The second-order valence-electron chi connectivity index (χ2n) is 7.93. The summed E-state index contributed by atoms with van der Waals surface area (Å²) in [5, 5.41) is 14.4. The highest BCUT2D eigenvalue weighted by Crippen LogP contribution is 2.59. The van der Waals surface area contributed by atoms with Gasteiger partial charge in [0, 0.05) is 6.42 Å². The molecule has 0 fully saturated rings. The van der Waals surface area contributed by atoms with Crippen LogP contribution in [0.25, 0.3) is 0 Å². The molecule has 0 aliphatic heterocycles. The zero-order chi connectivity index (χ0) is 24.2. The number of aliphatic hydroxyl groups excluding tert-OH is 1. The van der Waals surface area contributed by atoms with Gasteiger partial charge in [0.05, 0.1) is 6.61 Å². The molecule has 0 spiro atoms. The quantitative estimate of drug-likeness (QED) is 0.108. The highest BCUT2D eigenvalue weighted by Gasteiger charge is 2.42. The van der Waals surface area contributed by atoms with Crippen molar-refractivity contribution in [2.24, 2.45) is 0 Å². The van der Waals surface area contributed by atoms with Gasteiger partial charge in [-0.15, -0.1) is 0 Å². The molecule has 0 saturated heterocycles. The average molecular weight is 491 g/mol. The van der Waals surface area contributed by atoms with E-state index in [-0.39, 0.29) is 0 Å². The van der Waals surface area contributed by atoms with Gasteiger partial charge in [0.25, 0.3) is 0 Å². The van der Waals surface area contributed by atoms with Crippen LogP contribution in [-0.2, 0) is 13.9 Å². The Labute approximate surface area is 187 Å². The number of carboxylic acid groups (broad SMARTS) is 1. The highest BCUT2D eigenvalue weighted by atomic mass is 31.2. The van der Waals surface area contributed by atoms with E-state index in [1.807, 2.05) is 0 Å². The molecule has 0 aliphatic carbocycles. The SMILES string of the molecule is CCCCCCCCCCCCCCCCCC(=O)O.O=P(O)(O)C(CO)P(=O)(O)O. The van der Waals surface area contributed by atoms with Crippen LogP contribution in [0, 0.1) is 0 Å². The fourth-order valence-electron chi connectivity index (χ4n) is 3.06. The van der Waals surface area contributed by atoms with Crippen molar-refractivity contribution < 1.29 is 43.7 Å². The van der Waals surface area contributed by atoms with E-state index in [9.17, 15) is 13.9 Å². The molecule has 0 atom stereocenters. The van der Waals surface area contributed by atoms with Gasteiger partial charge in [-0.3, -0.25) is 13.9 Å². The molecule has 9 nitrogen and oxygen atoms in total. The number of hydrogen-bond donors (Lipinski definition) is 6. The zero-order valence-electron chi connectivity index (χ0n) is 18.9. The largest absolute Gasteiger partial charge is 0.481 e. The Kier molecular flexibility index (Phi) is 21.6. The van der Waals surface area contributed by atoms with Crippen molar-refractivity contribution in [2.45, 2.75) is 115 Å². The van der Waals surface area contributed by atoms with Crippen molar-refractivity contribution in [3.8, 4) is 0 Å². The van der Waals surface area contributed by atoms with Gasteiger partial charge in [-0.2, -0.15) is 0 Å². The summed E-state index contributed by atoms with van der Waals surface area (Å²) in [6.07, 6.45) is 20.2. The lowest BCUT2D eigenvalue weighted by Crippen LogP contribution is -2.13. The molecule has 0 aromatic carbocycles. The van der Waals surface area contributed by atoms with Crippen LogP contribution in [0.3, 0.4) is 0 Å². The van der Waals surface area contributed by atoms with Gasteiger partial charge in [-0.25, -0.2) is 0 Å². The Hall–Kier alpha value is -0.270. The first-order valence-electron chi connectivity index (χ1n) is 11.4. The third kappa shape index (κ3) is 24.2. The molecular weight excluding hydrogens is 446 g/mol. The van der Waals surface area contributed by atoms with Crippen molar-refractivity contribution in [3.05, 3.63) is 0 Å². The van der Waals surface area contributed by atoms with Crippen LogP contribution in [0.2, 0.25) is 0 Å². The van der Waals surface area contributed by atoms with Crippen LogP contribution in [0.5, 0.6) is 0 Å². The molecule has 0 aromatic rings. The maximum Gasteiger partial charge on any atom is 0.343 e. The van der Waals surface area contributed by atoms with Crippen molar-refractivity contribution >= 4 is 21.2 Å². The van der Waals surface area contributed by atoms with Gasteiger partial charge >= 0.3 is 21.2 Å². The van der Waals surface area contributed by atoms with Gasteiger partial charge in [0.15, 0.2) is 5.40 Å². The van der Waals surface area contributed by atoms with E-state index in [1.54, 1.807) is 0 Å². The van der Waals surface area contributed by atoms with E-state index in [0.717, 1.165) is 12.8 Å². The fourth-order valence-corrected chi connectivity index (χ4v) is 5.05. The van der Waals surface area contributed by atoms with Crippen molar-refractivity contribution in [3.63, 3.8) is 0 Å². The predicted octanol–water partition coefficient (Wildman–Crippen LogP) is 4.99. The summed E-state index contributed by atoms with van der Waals surface area (Å²) in [6.45, 7) is 1.03. The summed E-state index contributed by atoms with van der Waals surface area (Å²) in [5.74, 6) is -0.653. The van der Waals surface area contributed by atoms with E-state index in [4.69, 9.17) is 29.8 Å². The smallest absolute Gasteiger partial charge is 0.343 e. The molecule has 0 unspecified atom stereocenters. The summed E-state index contributed by atoms with van der Waals surface area (Å²) in [5.41, 5.74) is 0. The van der Waals surface area contributed by atoms with Crippen LogP contribution in [-0.4, -0.2) is 47.8 Å². The molecule has 0 amide bonds. The first kappa shape index (κ1) is 32.9. The van der Waals surface area contributed by atoms with Crippen molar-refractivity contribution in [1.29, 1.82) is 0 Å². The minimum absolute atomic E-state index is 0.345. The van der Waals surface area contributed by atoms with E-state index in [1.165, 1.54) is 83.5 Å². The maximum absolute atomic E-state index is 10.3. The summed E-state index contributed by atoms with van der Waals surface area (Å²) in [6, 6.07) is 0. The van der Waals surface area contributed by atoms with E-state index < -0.39 is 33.2 Å². The minimum Gasteiger partial charge on any atom is -0.481 e. The zero-order valence-corrected chi connectivity index (χ0v) is 20.7. The lowest BCUT2D eigenvalue weighted by molar-refractivity contribution is -0.137. The average Bonchev–Trinajstić information content (AvgIpc) is 2.63. The number of aliphatic carboxylic acids is 1. The van der Waals surface area contributed by atoms with Crippen LogP contribution in [0.4, 0.5) is 0 Å². The molecule has 11 heteroatoms. The topological polar surface area (TPSA) is 173 Å². The molecule has 0 saturated carbocycles. The van der Waals surface area contributed by atoms with Gasteiger partial charge in [-0.05, 0) is 6.42 Å². The second-order valence-corrected chi connectivity index (χ2v) is 11.9. The van der Waals surface area contributed by atoms with Gasteiger partial charge in [0.1, 0.15) is 0 Å². The Balaban J connectivity index is 0. The second kappa shape index (κ2) is 20.3. The lowest BCUT2D eigenvalue weighted by atomic mass is 10.0. The molecule has 0 radical (unpaired) electrons. The first-order chi connectivity index (χ1) is 14.5. The summed E-state index contributed by atoms with van der Waals surface area (Å²) in [7, 11) is -9.82. The summed E-state index contributed by atoms with van der Waals surface area (Å²) < 4.78 is 20.5. The molecular formula is C20H44O9P2. The van der Waals surface area contributed by atoms with Crippen molar-refractivity contribution in [1.82, 2.24) is 0 Å². The number of rotatable bonds is 19. The molecule has 6 N–H and O–H groups in total. The first-order valence-corrected chi connectivity index (χ1v) is 14.8. The lowest BCUT2D eigenvalue weighted by Gasteiger charge is -2.16. The summed E-state index contributed by atoms with van der Waals surface area (Å²) in [4.78, 5) is 43.4. The van der Waals surface area contributed by atoms with E-state index >= 15 is 0 Å². The molecule has 0 rings (SSSR count). The van der Waals surface area contributed by atoms with E-state index in [0.29, 0.717) is 6.42 Å². The van der Waals surface area contributed by atoms with E-state index in [2.05, 4.69) is 6.92 Å². The van der Waals surface area contributed by atoms with Gasteiger partial charge in [-0.1, -0.05) is 96.8 Å². The Morgan fingerprint density at radius 3 is 1.13 bits per heavy atom. The molecule has 31 heavy (non-hydrogen) atoms. The minimum atomic E-state index is -4.91. The molecule has 0 aromatic heterocycles. The molecule has 188 valence electrons. The maximum atomic E-state index is 10.3. The summed E-state index contributed by atoms with van der Waals surface area (Å²) >= 11 is 0. The number of unbranched alkanes of at least 4 members (excludes halogenated alkanes) is 14. The van der Waals surface area contributed by atoms with Crippen LogP contribution in [0.1, 0.15) is 110 Å².